The van der Waals surface area contributed by atoms with E-state index in [9.17, 15) is 14.0 Å². The molecule has 1 saturated heterocycles. The number of amides is 2. The molecule has 3 N–H and O–H groups in total. The maximum atomic E-state index is 13.0. The zero-order valence-corrected chi connectivity index (χ0v) is 11.4. The van der Waals surface area contributed by atoms with Crippen LogP contribution in [0.3, 0.4) is 0 Å². The summed E-state index contributed by atoms with van der Waals surface area (Å²) in [6.07, 6.45) is 2.91. The lowest BCUT2D eigenvalue weighted by molar-refractivity contribution is 0.0697. The number of carboxylic acids is 1. The van der Waals surface area contributed by atoms with Gasteiger partial charge in [-0.15, -0.1) is 0 Å². The molecule has 2 rings (SSSR count). The van der Waals surface area contributed by atoms with E-state index >= 15 is 0 Å². The zero-order chi connectivity index (χ0) is 15.2. The third-order valence-electron chi connectivity index (χ3n) is 3.24. The van der Waals surface area contributed by atoms with Crippen molar-refractivity contribution in [2.24, 2.45) is 0 Å². The quantitative estimate of drug-likeness (QED) is 0.777. The Kier molecular flexibility index (Phi) is 5.10. The number of urea groups is 1. The molecule has 114 valence electrons. The van der Waals surface area contributed by atoms with Crippen molar-refractivity contribution in [3.05, 3.63) is 29.6 Å². The number of hydrogen-bond donors (Lipinski definition) is 3. The molecule has 0 aliphatic carbocycles. The fraction of sp³-hybridized carbons (Fsp3) is 0.429. The monoisotopic (exact) mass is 296 g/mol. The standard InChI is InChI=1S/C14H17FN2O4/c15-9-3-4-12(11(8-9)13(18)19)17-14(20)16-6-5-10-2-1-7-21-10/h3-4,8,10H,1-2,5-7H2,(H,18,19)(H2,16,17,20). The molecule has 6 nitrogen and oxygen atoms in total. The van der Waals surface area contributed by atoms with Crippen LogP contribution < -0.4 is 10.6 Å². The minimum Gasteiger partial charge on any atom is -0.478 e. The number of benzene rings is 1. The molecule has 1 fully saturated rings. The number of ether oxygens (including phenoxy) is 1. The van der Waals surface area contributed by atoms with Crippen molar-refractivity contribution in [2.45, 2.75) is 25.4 Å². The number of aromatic carboxylic acids is 1. The number of halogens is 1. The Morgan fingerprint density at radius 1 is 1.43 bits per heavy atom. The van der Waals surface area contributed by atoms with Gasteiger partial charge in [0.05, 0.1) is 17.4 Å². The van der Waals surface area contributed by atoms with Crippen LogP contribution in [0, 0.1) is 5.82 Å². The third kappa shape index (κ3) is 4.42. The van der Waals surface area contributed by atoms with Gasteiger partial charge in [0, 0.05) is 13.2 Å². The molecule has 0 saturated carbocycles. The maximum absolute atomic E-state index is 13.0. The van der Waals surface area contributed by atoms with Gasteiger partial charge in [0.1, 0.15) is 5.82 Å². The summed E-state index contributed by atoms with van der Waals surface area (Å²) in [5.41, 5.74) is -0.234. The number of carboxylic acid groups (broad SMARTS) is 1. The van der Waals surface area contributed by atoms with Crippen LogP contribution in [0.5, 0.6) is 0 Å². The highest BCUT2D eigenvalue weighted by Crippen LogP contribution is 2.17. The Balaban J connectivity index is 1.85. The fourth-order valence-corrected chi connectivity index (χ4v) is 2.19. The highest BCUT2D eigenvalue weighted by Gasteiger charge is 2.16. The molecule has 2 amide bonds. The predicted molar refractivity (Wildman–Crippen MR) is 74.0 cm³/mol. The van der Waals surface area contributed by atoms with Gasteiger partial charge in [-0.05, 0) is 37.5 Å². The molecule has 1 aliphatic heterocycles. The van der Waals surface area contributed by atoms with Gasteiger partial charge in [0.15, 0.2) is 0 Å². The first kappa shape index (κ1) is 15.2. The van der Waals surface area contributed by atoms with Gasteiger partial charge in [-0.1, -0.05) is 0 Å². The van der Waals surface area contributed by atoms with E-state index in [-0.39, 0.29) is 17.4 Å². The Bertz CT molecular complexity index is 530. The van der Waals surface area contributed by atoms with E-state index in [2.05, 4.69) is 10.6 Å². The van der Waals surface area contributed by atoms with E-state index in [1.54, 1.807) is 0 Å². The van der Waals surface area contributed by atoms with Crippen LogP contribution in [0.4, 0.5) is 14.9 Å². The topological polar surface area (TPSA) is 87.7 Å². The first-order chi connectivity index (χ1) is 10.1. The summed E-state index contributed by atoms with van der Waals surface area (Å²) in [5.74, 6) is -1.97. The van der Waals surface area contributed by atoms with Gasteiger partial charge < -0.3 is 20.5 Å². The van der Waals surface area contributed by atoms with E-state index in [1.807, 2.05) is 0 Å². The van der Waals surface area contributed by atoms with Crippen molar-refractivity contribution in [3.63, 3.8) is 0 Å². The highest BCUT2D eigenvalue weighted by molar-refractivity contribution is 5.99. The number of carbonyl (C=O) groups is 2. The van der Waals surface area contributed by atoms with Crippen LogP contribution in [0.15, 0.2) is 18.2 Å². The summed E-state index contributed by atoms with van der Waals surface area (Å²) < 4.78 is 18.4. The lowest BCUT2D eigenvalue weighted by atomic mass is 10.1. The minimum atomic E-state index is -1.30. The molecule has 1 aromatic rings. The summed E-state index contributed by atoms with van der Waals surface area (Å²) in [4.78, 5) is 22.7. The second-order valence-corrected chi connectivity index (χ2v) is 4.80. The largest absolute Gasteiger partial charge is 0.478 e. The summed E-state index contributed by atoms with van der Waals surface area (Å²) in [6, 6.07) is 2.65. The Hall–Kier alpha value is -2.15. The smallest absolute Gasteiger partial charge is 0.337 e. The first-order valence-electron chi connectivity index (χ1n) is 6.75. The van der Waals surface area contributed by atoms with Crippen molar-refractivity contribution in [1.29, 1.82) is 0 Å². The molecule has 0 bridgehead atoms. The molecule has 0 radical (unpaired) electrons. The molecule has 0 spiro atoms. The number of anilines is 1. The summed E-state index contributed by atoms with van der Waals surface area (Å²) >= 11 is 0. The average Bonchev–Trinajstić information content (AvgIpc) is 2.94. The van der Waals surface area contributed by atoms with Gasteiger partial charge >= 0.3 is 12.0 Å². The van der Waals surface area contributed by atoms with Crippen molar-refractivity contribution in [2.75, 3.05) is 18.5 Å². The first-order valence-corrected chi connectivity index (χ1v) is 6.75. The SMILES string of the molecule is O=C(NCCC1CCCO1)Nc1ccc(F)cc1C(=O)O. The van der Waals surface area contributed by atoms with E-state index in [0.717, 1.165) is 31.6 Å². The average molecular weight is 296 g/mol. The zero-order valence-electron chi connectivity index (χ0n) is 11.4. The number of hydrogen-bond acceptors (Lipinski definition) is 3. The second-order valence-electron chi connectivity index (χ2n) is 4.80. The summed E-state index contributed by atoms with van der Waals surface area (Å²) in [6.45, 7) is 1.19. The van der Waals surface area contributed by atoms with Crippen molar-refractivity contribution in [3.8, 4) is 0 Å². The fourth-order valence-electron chi connectivity index (χ4n) is 2.19. The number of nitrogens with one attached hydrogen (secondary N) is 2. The Morgan fingerprint density at radius 2 is 2.24 bits per heavy atom. The van der Waals surface area contributed by atoms with Gasteiger partial charge in [0.2, 0.25) is 0 Å². The highest BCUT2D eigenvalue weighted by atomic mass is 19.1. The molecule has 1 aromatic carbocycles. The molecule has 7 heteroatoms. The number of rotatable bonds is 5. The van der Waals surface area contributed by atoms with Gasteiger partial charge in [0.25, 0.3) is 0 Å². The molecular formula is C14H17FN2O4. The van der Waals surface area contributed by atoms with Crippen molar-refractivity contribution >= 4 is 17.7 Å². The normalized spacial score (nSPS) is 17.5. The Labute approximate surface area is 121 Å². The lowest BCUT2D eigenvalue weighted by Crippen LogP contribution is -2.31. The van der Waals surface area contributed by atoms with Crippen LogP contribution in [0.25, 0.3) is 0 Å². The van der Waals surface area contributed by atoms with E-state index < -0.39 is 17.8 Å². The lowest BCUT2D eigenvalue weighted by Gasteiger charge is -2.12. The molecular weight excluding hydrogens is 279 g/mol. The second kappa shape index (κ2) is 7.03. The van der Waals surface area contributed by atoms with E-state index in [0.29, 0.717) is 13.0 Å². The summed E-state index contributed by atoms with van der Waals surface area (Å²) in [7, 11) is 0. The molecule has 1 heterocycles. The van der Waals surface area contributed by atoms with Crippen LogP contribution in [-0.2, 0) is 4.74 Å². The van der Waals surface area contributed by atoms with Crippen LogP contribution in [0.2, 0.25) is 0 Å². The van der Waals surface area contributed by atoms with Gasteiger partial charge in [-0.3, -0.25) is 0 Å². The van der Waals surface area contributed by atoms with Gasteiger partial charge in [-0.25, -0.2) is 14.0 Å². The molecule has 1 unspecified atom stereocenters. The van der Waals surface area contributed by atoms with E-state index in [1.165, 1.54) is 6.07 Å². The minimum absolute atomic E-state index is 0.0542. The van der Waals surface area contributed by atoms with Gasteiger partial charge in [-0.2, -0.15) is 0 Å². The van der Waals surface area contributed by atoms with Crippen LogP contribution in [-0.4, -0.2) is 36.4 Å². The summed E-state index contributed by atoms with van der Waals surface area (Å²) in [5, 5.41) is 14.0. The molecule has 1 aliphatic rings. The van der Waals surface area contributed by atoms with Crippen LogP contribution in [0.1, 0.15) is 29.6 Å². The molecule has 21 heavy (non-hydrogen) atoms. The van der Waals surface area contributed by atoms with Crippen molar-refractivity contribution < 1.29 is 23.8 Å². The maximum Gasteiger partial charge on any atom is 0.337 e. The predicted octanol–water partition coefficient (Wildman–Crippen LogP) is 2.21. The Morgan fingerprint density at radius 3 is 2.90 bits per heavy atom. The van der Waals surface area contributed by atoms with Crippen molar-refractivity contribution in [1.82, 2.24) is 5.32 Å². The van der Waals surface area contributed by atoms with E-state index in [4.69, 9.17) is 9.84 Å². The molecule has 1 atom stereocenters. The third-order valence-corrected chi connectivity index (χ3v) is 3.24. The van der Waals surface area contributed by atoms with Crippen LogP contribution >= 0.6 is 0 Å². The number of carbonyl (C=O) groups excluding carboxylic acids is 1. The molecule has 0 aromatic heterocycles.